The van der Waals surface area contributed by atoms with E-state index in [-0.39, 0.29) is 0 Å². The Hall–Kier alpha value is -0.710. The molecule has 0 aliphatic heterocycles. The summed E-state index contributed by atoms with van der Waals surface area (Å²) in [4.78, 5) is 7.09. The predicted molar refractivity (Wildman–Crippen MR) is 71.3 cm³/mol. The van der Waals surface area contributed by atoms with Crippen molar-refractivity contribution >= 4 is 22.7 Å². The molecule has 0 spiro atoms. The third-order valence-corrected chi connectivity index (χ3v) is 4.31. The van der Waals surface area contributed by atoms with Gasteiger partial charge in [-0.3, -0.25) is 0 Å². The number of hydrogen-bond donors (Lipinski definition) is 1. The molecule has 0 unspecified atom stereocenters. The van der Waals surface area contributed by atoms with E-state index in [0.717, 1.165) is 19.5 Å². The molecule has 16 heavy (non-hydrogen) atoms. The predicted octanol–water partition coefficient (Wildman–Crippen LogP) is 3.15. The van der Waals surface area contributed by atoms with Crippen LogP contribution in [0.25, 0.3) is 0 Å². The van der Waals surface area contributed by atoms with Crippen LogP contribution in [-0.4, -0.2) is 11.5 Å². The van der Waals surface area contributed by atoms with E-state index in [9.17, 15) is 0 Å². The monoisotopic (exact) mass is 252 g/mol. The van der Waals surface area contributed by atoms with Crippen LogP contribution >= 0.6 is 22.7 Å². The number of aromatic nitrogens is 1. The van der Waals surface area contributed by atoms with Gasteiger partial charge in [0.15, 0.2) is 0 Å². The molecule has 1 N–H and O–H groups in total. The number of nitrogens with one attached hydrogen (secondary N) is 1. The molecule has 0 aliphatic rings. The number of hydrogen-bond acceptors (Lipinski definition) is 4. The molecule has 0 fully saturated rings. The highest BCUT2D eigenvalue weighted by molar-refractivity contribution is 7.12. The van der Waals surface area contributed by atoms with Gasteiger partial charge >= 0.3 is 0 Å². The Morgan fingerprint density at radius 1 is 1.38 bits per heavy atom. The second kappa shape index (κ2) is 5.57. The molecule has 2 aromatic rings. The van der Waals surface area contributed by atoms with E-state index < -0.39 is 0 Å². The molecule has 0 saturated carbocycles. The van der Waals surface area contributed by atoms with Crippen molar-refractivity contribution < 1.29 is 0 Å². The van der Waals surface area contributed by atoms with Crippen molar-refractivity contribution in [3.8, 4) is 0 Å². The van der Waals surface area contributed by atoms with E-state index in [2.05, 4.69) is 30.2 Å². The van der Waals surface area contributed by atoms with Crippen molar-refractivity contribution in [3.63, 3.8) is 0 Å². The number of nitrogens with zero attached hydrogens (tertiary/aromatic N) is 1. The SMILES string of the molecule is Cc1cc(CNCCc2nccs2)c(C)s1. The van der Waals surface area contributed by atoms with Gasteiger partial charge in [0.25, 0.3) is 0 Å². The Balaban J connectivity index is 1.74. The van der Waals surface area contributed by atoms with Crippen molar-refractivity contribution in [1.82, 2.24) is 10.3 Å². The number of rotatable bonds is 5. The van der Waals surface area contributed by atoms with Gasteiger partial charge < -0.3 is 5.32 Å². The van der Waals surface area contributed by atoms with Gasteiger partial charge in [0.1, 0.15) is 0 Å². The topological polar surface area (TPSA) is 24.9 Å². The van der Waals surface area contributed by atoms with Crippen molar-refractivity contribution in [2.45, 2.75) is 26.8 Å². The maximum atomic E-state index is 4.26. The first kappa shape index (κ1) is 11.8. The van der Waals surface area contributed by atoms with Crippen LogP contribution in [0.2, 0.25) is 0 Å². The van der Waals surface area contributed by atoms with Gasteiger partial charge in [-0.25, -0.2) is 4.98 Å². The summed E-state index contributed by atoms with van der Waals surface area (Å²) in [6, 6.07) is 2.27. The minimum absolute atomic E-state index is 0.974. The molecule has 2 nitrogen and oxygen atoms in total. The maximum Gasteiger partial charge on any atom is 0.0937 e. The Morgan fingerprint density at radius 2 is 2.25 bits per heavy atom. The van der Waals surface area contributed by atoms with Crippen LogP contribution in [-0.2, 0) is 13.0 Å². The second-order valence-electron chi connectivity index (χ2n) is 3.79. The lowest BCUT2D eigenvalue weighted by atomic mass is 10.2. The van der Waals surface area contributed by atoms with Gasteiger partial charge in [-0.2, -0.15) is 0 Å². The van der Waals surface area contributed by atoms with Crippen molar-refractivity contribution in [2.75, 3.05) is 6.54 Å². The quantitative estimate of drug-likeness (QED) is 0.827. The molecule has 0 bridgehead atoms. The van der Waals surface area contributed by atoms with Gasteiger partial charge in [-0.1, -0.05) is 0 Å². The Labute approximate surface area is 104 Å². The summed E-state index contributed by atoms with van der Waals surface area (Å²) in [7, 11) is 0. The molecule has 0 amide bonds. The van der Waals surface area contributed by atoms with E-state index in [1.54, 1.807) is 11.3 Å². The van der Waals surface area contributed by atoms with E-state index >= 15 is 0 Å². The zero-order valence-corrected chi connectivity index (χ0v) is 11.3. The minimum Gasteiger partial charge on any atom is -0.312 e. The molecule has 2 rings (SSSR count). The van der Waals surface area contributed by atoms with Crippen LogP contribution in [0.1, 0.15) is 20.3 Å². The fraction of sp³-hybridized carbons (Fsp3) is 0.417. The van der Waals surface area contributed by atoms with E-state index in [1.165, 1.54) is 20.3 Å². The van der Waals surface area contributed by atoms with Crippen molar-refractivity contribution in [1.29, 1.82) is 0 Å². The molecule has 2 heterocycles. The lowest BCUT2D eigenvalue weighted by molar-refractivity contribution is 0.684. The highest BCUT2D eigenvalue weighted by atomic mass is 32.1. The molecule has 0 radical (unpaired) electrons. The molecular weight excluding hydrogens is 236 g/mol. The fourth-order valence-corrected chi connectivity index (χ4v) is 3.22. The van der Waals surface area contributed by atoms with Crippen LogP contribution in [0.15, 0.2) is 17.6 Å². The zero-order valence-electron chi connectivity index (χ0n) is 9.62. The Kier molecular flexibility index (Phi) is 4.09. The normalized spacial score (nSPS) is 10.9. The highest BCUT2D eigenvalue weighted by Gasteiger charge is 2.02. The third-order valence-electron chi connectivity index (χ3n) is 2.46. The van der Waals surface area contributed by atoms with Crippen LogP contribution < -0.4 is 5.32 Å². The number of thiazole rings is 1. The molecular formula is C12H16N2S2. The number of thiophene rings is 1. The fourth-order valence-electron chi connectivity index (χ4n) is 1.65. The highest BCUT2D eigenvalue weighted by Crippen LogP contribution is 2.20. The molecule has 0 saturated heterocycles. The van der Waals surface area contributed by atoms with Crippen molar-refractivity contribution in [2.24, 2.45) is 0 Å². The lowest BCUT2D eigenvalue weighted by Crippen LogP contribution is -2.16. The standard InChI is InChI=1S/C12H16N2S2/c1-9-7-11(10(2)16-9)8-13-4-3-12-14-5-6-15-12/h5-7,13H,3-4,8H2,1-2H3. The van der Waals surface area contributed by atoms with Crippen LogP contribution in [0, 0.1) is 13.8 Å². The van der Waals surface area contributed by atoms with Gasteiger partial charge in [0, 0.05) is 40.8 Å². The van der Waals surface area contributed by atoms with Gasteiger partial charge in [0.05, 0.1) is 5.01 Å². The first-order valence-electron chi connectivity index (χ1n) is 5.40. The summed E-state index contributed by atoms with van der Waals surface area (Å²) in [6.07, 6.45) is 2.90. The smallest absolute Gasteiger partial charge is 0.0937 e. The second-order valence-corrected chi connectivity index (χ2v) is 6.23. The first-order chi connectivity index (χ1) is 7.75. The van der Waals surface area contributed by atoms with Crippen LogP contribution in [0.5, 0.6) is 0 Å². The van der Waals surface area contributed by atoms with E-state index in [4.69, 9.17) is 0 Å². The van der Waals surface area contributed by atoms with Gasteiger partial charge in [0.2, 0.25) is 0 Å². The van der Waals surface area contributed by atoms with E-state index in [0.29, 0.717) is 0 Å². The minimum atomic E-state index is 0.974. The van der Waals surface area contributed by atoms with Gasteiger partial charge in [-0.15, -0.1) is 22.7 Å². The van der Waals surface area contributed by atoms with E-state index in [1.807, 2.05) is 22.9 Å². The third kappa shape index (κ3) is 3.14. The molecule has 0 atom stereocenters. The summed E-state index contributed by atoms with van der Waals surface area (Å²) >= 11 is 3.60. The average molecular weight is 252 g/mol. The van der Waals surface area contributed by atoms with Gasteiger partial charge in [-0.05, 0) is 25.5 Å². The summed E-state index contributed by atoms with van der Waals surface area (Å²) in [5, 5.41) is 6.71. The van der Waals surface area contributed by atoms with Crippen LogP contribution in [0.4, 0.5) is 0 Å². The molecule has 0 aliphatic carbocycles. The zero-order chi connectivity index (χ0) is 11.4. The maximum absolute atomic E-state index is 4.26. The summed E-state index contributed by atoms with van der Waals surface area (Å²) in [5.41, 5.74) is 1.43. The average Bonchev–Trinajstić information content (AvgIpc) is 2.84. The summed E-state index contributed by atoms with van der Waals surface area (Å²) in [6.45, 7) is 6.33. The summed E-state index contributed by atoms with van der Waals surface area (Å²) in [5.74, 6) is 0. The largest absolute Gasteiger partial charge is 0.312 e. The Bertz CT molecular complexity index is 432. The molecule has 2 aromatic heterocycles. The van der Waals surface area contributed by atoms with Crippen molar-refractivity contribution in [3.05, 3.63) is 38.0 Å². The number of aryl methyl sites for hydroxylation is 2. The summed E-state index contributed by atoms with van der Waals surface area (Å²) < 4.78 is 0. The first-order valence-corrected chi connectivity index (χ1v) is 7.10. The van der Waals surface area contributed by atoms with Crippen LogP contribution in [0.3, 0.4) is 0 Å². The Morgan fingerprint density at radius 3 is 2.88 bits per heavy atom. The lowest BCUT2D eigenvalue weighted by Gasteiger charge is -2.02. The molecule has 86 valence electrons. The molecule has 4 heteroatoms. The molecule has 0 aromatic carbocycles.